The third kappa shape index (κ3) is 6.56. The van der Waals surface area contributed by atoms with Gasteiger partial charge in [-0.05, 0) is 60.3 Å². The van der Waals surface area contributed by atoms with Crippen LogP contribution in [-0.2, 0) is 20.0 Å². The van der Waals surface area contributed by atoms with Gasteiger partial charge in [0.15, 0.2) is 9.84 Å². The van der Waals surface area contributed by atoms with Crippen LogP contribution in [0.2, 0.25) is 0 Å². The van der Waals surface area contributed by atoms with Gasteiger partial charge in [-0.2, -0.15) is 0 Å². The van der Waals surface area contributed by atoms with Crippen LogP contribution in [0.25, 0.3) is 0 Å². The summed E-state index contributed by atoms with van der Waals surface area (Å²) in [6.07, 6.45) is 4.96. The smallest absolute Gasteiger partial charge is 0.247 e. The molecule has 6 nitrogen and oxygen atoms in total. The van der Waals surface area contributed by atoms with Crippen LogP contribution in [0.4, 0.5) is 0 Å². The minimum absolute atomic E-state index is 0.00328. The van der Waals surface area contributed by atoms with E-state index in [1.54, 1.807) is 18.2 Å². The fraction of sp³-hybridized carbons (Fsp3) is 0.538. The number of aromatic amines is 1. The lowest BCUT2D eigenvalue weighted by Gasteiger charge is -2.24. The van der Waals surface area contributed by atoms with Crippen LogP contribution < -0.4 is 5.56 Å². The zero-order valence-corrected chi connectivity index (χ0v) is 21.0. The Morgan fingerprint density at radius 1 is 1.12 bits per heavy atom. The Labute approximate surface area is 197 Å². The van der Waals surface area contributed by atoms with Gasteiger partial charge in [-0.15, -0.1) is 0 Å². The predicted molar refractivity (Wildman–Crippen MR) is 131 cm³/mol. The topological polar surface area (TPSA) is 87.3 Å². The Morgan fingerprint density at radius 2 is 1.79 bits per heavy atom. The van der Waals surface area contributed by atoms with Crippen molar-refractivity contribution < 1.29 is 13.2 Å². The number of benzene rings is 1. The van der Waals surface area contributed by atoms with Crippen molar-refractivity contribution in [2.75, 3.05) is 13.1 Å². The van der Waals surface area contributed by atoms with Crippen LogP contribution in [0.5, 0.6) is 0 Å². The summed E-state index contributed by atoms with van der Waals surface area (Å²) in [5.74, 6) is 0.581. The van der Waals surface area contributed by atoms with Gasteiger partial charge in [-0.1, -0.05) is 45.9 Å². The predicted octanol–water partition coefficient (Wildman–Crippen LogP) is 4.62. The van der Waals surface area contributed by atoms with E-state index in [0.717, 1.165) is 31.4 Å². The van der Waals surface area contributed by atoms with Gasteiger partial charge in [0, 0.05) is 31.8 Å². The highest BCUT2D eigenvalue weighted by Gasteiger charge is 2.32. The van der Waals surface area contributed by atoms with Crippen molar-refractivity contribution in [1.29, 1.82) is 0 Å². The highest BCUT2D eigenvalue weighted by atomic mass is 32.2. The molecule has 1 N–H and O–H groups in total. The molecule has 0 saturated heterocycles. The average molecular weight is 473 g/mol. The monoisotopic (exact) mass is 472 g/mol. The van der Waals surface area contributed by atoms with Crippen LogP contribution in [0, 0.1) is 5.92 Å². The molecule has 1 fully saturated rings. The summed E-state index contributed by atoms with van der Waals surface area (Å²) in [6, 6.07) is 9.86. The molecule has 1 heterocycles. The number of carbonyl (C=O) groups is 1. The number of carbonyl (C=O) groups excluding carboxylic acids is 1. The SMILES string of the molecule is CCCN(CC1CC1)C(=O)CCC(c1ccc(=O)[nH]c1)S(=O)(=O)c1ccc(C(C)(C)C)cc1. The number of H-pyrrole nitrogens is 1. The fourth-order valence-electron chi connectivity index (χ4n) is 4.05. The first-order valence-corrected chi connectivity index (χ1v) is 13.4. The van der Waals surface area contributed by atoms with Crippen molar-refractivity contribution in [3.8, 4) is 0 Å². The first-order valence-electron chi connectivity index (χ1n) is 11.8. The first kappa shape index (κ1) is 25.2. The van der Waals surface area contributed by atoms with Crippen molar-refractivity contribution in [1.82, 2.24) is 9.88 Å². The van der Waals surface area contributed by atoms with Crippen molar-refractivity contribution in [2.24, 2.45) is 5.92 Å². The van der Waals surface area contributed by atoms with Gasteiger partial charge in [-0.25, -0.2) is 8.42 Å². The highest BCUT2D eigenvalue weighted by molar-refractivity contribution is 7.91. The summed E-state index contributed by atoms with van der Waals surface area (Å²) < 4.78 is 27.3. The summed E-state index contributed by atoms with van der Waals surface area (Å²) in [5.41, 5.74) is 1.16. The zero-order valence-electron chi connectivity index (χ0n) is 20.1. The van der Waals surface area contributed by atoms with Gasteiger partial charge in [0.05, 0.1) is 10.1 Å². The van der Waals surface area contributed by atoms with E-state index in [9.17, 15) is 18.0 Å². The summed E-state index contributed by atoms with van der Waals surface area (Å²) in [5, 5.41) is -0.914. The molecule has 2 aromatic rings. The van der Waals surface area contributed by atoms with Crippen molar-refractivity contribution in [2.45, 2.75) is 75.4 Å². The minimum atomic E-state index is -3.77. The number of aromatic nitrogens is 1. The Kier molecular flexibility index (Phi) is 7.83. The number of amides is 1. The maximum absolute atomic E-state index is 13.7. The summed E-state index contributed by atoms with van der Waals surface area (Å²) in [4.78, 5) is 29.2. The molecule has 0 spiro atoms. The lowest BCUT2D eigenvalue weighted by atomic mass is 9.87. The molecule has 180 valence electrons. The third-order valence-corrected chi connectivity index (χ3v) is 8.43. The molecule has 0 aliphatic heterocycles. The Bertz CT molecular complexity index is 1090. The second kappa shape index (κ2) is 10.2. The first-order chi connectivity index (χ1) is 15.5. The summed E-state index contributed by atoms with van der Waals surface area (Å²) in [7, 11) is -3.77. The van der Waals surface area contributed by atoms with E-state index in [2.05, 4.69) is 25.8 Å². The lowest BCUT2D eigenvalue weighted by Crippen LogP contribution is -2.34. The molecule has 3 rings (SSSR count). The molecule has 1 aromatic heterocycles. The van der Waals surface area contributed by atoms with Crippen LogP contribution in [0.1, 0.15) is 76.2 Å². The quantitative estimate of drug-likeness (QED) is 0.547. The molecule has 1 unspecified atom stereocenters. The number of sulfone groups is 1. The third-order valence-electron chi connectivity index (χ3n) is 6.25. The van der Waals surface area contributed by atoms with Crippen molar-refractivity contribution >= 4 is 15.7 Å². The molecule has 1 aromatic carbocycles. The number of pyridine rings is 1. The molecule has 0 bridgehead atoms. The molecule has 1 amide bonds. The normalized spacial score (nSPS) is 15.3. The number of hydrogen-bond donors (Lipinski definition) is 1. The number of nitrogens with one attached hydrogen (secondary N) is 1. The van der Waals surface area contributed by atoms with E-state index in [4.69, 9.17) is 0 Å². The molecular formula is C26H36N2O4S. The molecule has 1 atom stereocenters. The van der Waals surface area contributed by atoms with E-state index in [0.29, 0.717) is 18.0 Å². The molecule has 7 heteroatoms. The molecule has 1 aliphatic rings. The fourth-order valence-corrected chi connectivity index (χ4v) is 5.82. The molecule has 0 radical (unpaired) electrons. The van der Waals surface area contributed by atoms with Gasteiger partial charge in [0.1, 0.15) is 0 Å². The lowest BCUT2D eigenvalue weighted by molar-refractivity contribution is -0.131. The van der Waals surface area contributed by atoms with E-state index in [-0.39, 0.29) is 34.6 Å². The van der Waals surface area contributed by atoms with Gasteiger partial charge < -0.3 is 9.88 Å². The summed E-state index contributed by atoms with van der Waals surface area (Å²) in [6.45, 7) is 9.73. The Hall–Kier alpha value is -2.41. The maximum Gasteiger partial charge on any atom is 0.247 e. The average Bonchev–Trinajstić information content (AvgIpc) is 3.58. The second-order valence-electron chi connectivity index (χ2n) is 10.1. The molecule has 1 saturated carbocycles. The Morgan fingerprint density at radius 3 is 2.30 bits per heavy atom. The van der Waals surface area contributed by atoms with Crippen molar-refractivity contribution in [3.63, 3.8) is 0 Å². The second-order valence-corrected chi connectivity index (χ2v) is 12.2. The van der Waals surface area contributed by atoms with Gasteiger partial charge >= 0.3 is 0 Å². The zero-order chi connectivity index (χ0) is 24.2. The molecule has 33 heavy (non-hydrogen) atoms. The van der Waals surface area contributed by atoms with E-state index in [1.165, 1.54) is 12.3 Å². The number of rotatable bonds is 10. The van der Waals surface area contributed by atoms with Crippen LogP contribution in [-0.4, -0.2) is 37.3 Å². The largest absolute Gasteiger partial charge is 0.342 e. The van der Waals surface area contributed by atoms with Gasteiger partial charge in [0.25, 0.3) is 0 Å². The van der Waals surface area contributed by atoms with E-state index in [1.807, 2.05) is 24.0 Å². The van der Waals surface area contributed by atoms with Gasteiger partial charge in [0.2, 0.25) is 11.5 Å². The molecule has 1 aliphatic carbocycles. The van der Waals surface area contributed by atoms with E-state index >= 15 is 0 Å². The van der Waals surface area contributed by atoms with Crippen LogP contribution >= 0.6 is 0 Å². The van der Waals surface area contributed by atoms with Crippen molar-refractivity contribution in [3.05, 3.63) is 64.1 Å². The van der Waals surface area contributed by atoms with E-state index < -0.39 is 15.1 Å². The highest BCUT2D eigenvalue weighted by Crippen LogP contribution is 2.34. The Balaban J connectivity index is 1.86. The maximum atomic E-state index is 13.7. The number of nitrogens with zero attached hydrogens (tertiary/aromatic N) is 1. The molecular weight excluding hydrogens is 436 g/mol. The van der Waals surface area contributed by atoms with Crippen LogP contribution in [0.15, 0.2) is 52.3 Å². The minimum Gasteiger partial charge on any atom is -0.342 e. The summed E-state index contributed by atoms with van der Waals surface area (Å²) >= 11 is 0. The number of hydrogen-bond acceptors (Lipinski definition) is 4. The standard InChI is InChI=1S/C26H36N2O4S/c1-5-16-28(18-19-6-7-19)25(30)15-13-23(20-8-14-24(29)27-17-20)33(31,32)22-11-9-21(10-12-22)26(2,3)4/h8-12,14,17,19,23H,5-7,13,15-16,18H2,1-4H3,(H,27,29). The van der Waals surface area contributed by atoms with Gasteiger partial charge in [-0.3, -0.25) is 9.59 Å². The van der Waals surface area contributed by atoms with Crippen LogP contribution in [0.3, 0.4) is 0 Å².